The summed E-state index contributed by atoms with van der Waals surface area (Å²) in [5, 5.41) is 19.8. The van der Waals surface area contributed by atoms with E-state index in [1.54, 1.807) is 0 Å². The van der Waals surface area contributed by atoms with Gasteiger partial charge in [0.05, 0.1) is 9.82 Å². The zero-order valence-corrected chi connectivity index (χ0v) is 12.9. The van der Waals surface area contributed by atoms with E-state index >= 15 is 0 Å². The van der Waals surface area contributed by atoms with Crippen LogP contribution in [0.5, 0.6) is 0 Å². The fourth-order valence-corrected chi connectivity index (χ4v) is 3.16. The van der Waals surface area contributed by atoms with Crippen LogP contribution < -0.4 is 0 Å². The summed E-state index contributed by atoms with van der Waals surface area (Å²) in [7, 11) is -4.19. The van der Waals surface area contributed by atoms with E-state index in [0.29, 0.717) is 17.0 Å². The molecule has 0 spiro atoms. The summed E-state index contributed by atoms with van der Waals surface area (Å²) >= 11 is 0. The van der Waals surface area contributed by atoms with Crippen molar-refractivity contribution >= 4 is 21.6 Å². The van der Waals surface area contributed by atoms with E-state index in [-0.39, 0.29) is 0 Å². The first kappa shape index (κ1) is 17.8. The highest BCUT2D eigenvalue weighted by Gasteiger charge is 2.32. The third-order valence-corrected chi connectivity index (χ3v) is 4.38. The van der Waals surface area contributed by atoms with E-state index in [1.807, 2.05) is 0 Å². The van der Waals surface area contributed by atoms with Crippen LogP contribution in [0.3, 0.4) is 0 Å². The van der Waals surface area contributed by atoms with E-state index < -0.39 is 48.7 Å². The molecular formula is C12H15FN2O6S. The molecule has 0 heterocycles. The van der Waals surface area contributed by atoms with Gasteiger partial charge in [0.25, 0.3) is 0 Å². The summed E-state index contributed by atoms with van der Waals surface area (Å²) in [6.07, 6.45) is -1.45. The summed E-state index contributed by atoms with van der Waals surface area (Å²) in [4.78, 5) is 20.9. The van der Waals surface area contributed by atoms with Crippen LogP contribution in [0.15, 0.2) is 23.1 Å². The topological polar surface area (TPSA) is 118 Å². The van der Waals surface area contributed by atoms with Gasteiger partial charge in [-0.3, -0.25) is 15.0 Å². The average molecular weight is 334 g/mol. The van der Waals surface area contributed by atoms with Crippen LogP contribution >= 0.6 is 0 Å². The number of hydrogen-bond donors (Lipinski definition) is 1. The van der Waals surface area contributed by atoms with Crippen molar-refractivity contribution in [1.29, 1.82) is 0 Å². The molecule has 0 saturated heterocycles. The fourth-order valence-electron chi connectivity index (χ4n) is 1.61. The number of nitrogens with zero attached hydrogens (tertiary/aromatic N) is 2. The molecule has 0 aliphatic heterocycles. The van der Waals surface area contributed by atoms with Crippen molar-refractivity contribution in [2.24, 2.45) is 0 Å². The van der Waals surface area contributed by atoms with Gasteiger partial charge in [-0.05, 0) is 32.9 Å². The van der Waals surface area contributed by atoms with Gasteiger partial charge in [0.2, 0.25) is 5.82 Å². The smallest absolute Gasteiger partial charge is 0.408 e. The number of sulfone groups is 1. The minimum absolute atomic E-state index is 0.517. The Bertz CT molecular complexity index is 711. The Kier molecular flexibility index (Phi) is 4.76. The molecule has 0 saturated carbocycles. The Morgan fingerprint density at radius 1 is 1.41 bits per heavy atom. The van der Waals surface area contributed by atoms with E-state index in [4.69, 9.17) is 5.11 Å². The average Bonchev–Trinajstić information content (AvgIpc) is 2.34. The second-order valence-electron chi connectivity index (χ2n) is 5.50. The number of hydrogen-bond acceptors (Lipinski definition) is 5. The molecule has 22 heavy (non-hydrogen) atoms. The van der Waals surface area contributed by atoms with E-state index in [9.17, 15) is 27.7 Å². The lowest BCUT2D eigenvalue weighted by Gasteiger charge is -2.32. The monoisotopic (exact) mass is 334 g/mol. The predicted molar refractivity (Wildman–Crippen MR) is 74.7 cm³/mol. The molecule has 8 nitrogen and oxygen atoms in total. The first-order valence-corrected chi connectivity index (χ1v) is 7.69. The predicted octanol–water partition coefficient (Wildman–Crippen LogP) is 2.24. The van der Waals surface area contributed by atoms with Crippen molar-refractivity contribution in [3.63, 3.8) is 0 Å². The van der Waals surface area contributed by atoms with Crippen LogP contribution in [-0.4, -0.2) is 40.9 Å². The van der Waals surface area contributed by atoms with E-state index in [1.165, 1.54) is 20.8 Å². The molecule has 1 N–H and O–H groups in total. The molecule has 0 aromatic heterocycles. The second kappa shape index (κ2) is 5.87. The first-order chi connectivity index (χ1) is 9.86. The highest BCUT2D eigenvalue weighted by Crippen LogP contribution is 2.24. The summed E-state index contributed by atoms with van der Waals surface area (Å²) in [5.41, 5.74) is -1.98. The third kappa shape index (κ3) is 3.91. The van der Waals surface area contributed by atoms with Gasteiger partial charge in [-0.1, -0.05) is 0 Å². The van der Waals surface area contributed by atoms with Gasteiger partial charge in [0.1, 0.15) is 5.88 Å². The summed E-state index contributed by atoms with van der Waals surface area (Å²) in [5.74, 6) is -2.07. The number of nitro groups is 1. The molecule has 10 heteroatoms. The number of carbonyl (C=O) groups is 1. The maximum Gasteiger partial charge on any atom is 0.408 e. The summed E-state index contributed by atoms with van der Waals surface area (Å²) in [6.45, 7) is 4.51. The first-order valence-electron chi connectivity index (χ1n) is 6.03. The standard InChI is InChI=1S/C12H15FN2O6S/c1-12(2,3)14(11(16)17)7-22(20,21)8-4-5-9(13)10(6-8)15(18)19/h4-6H,7H2,1-3H3,(H,16,17). The normalized spacial score (nSPS) is 12.0. The van der Waals surface area contributed by atoms with Gasteiger partial charge in [-0.15, -0.1) is 0 Å². The number of amides is 1. The zero-order chi connectivity index (χ0) is 17.3. The largest absolute Gasteiger partial charge is 0.465 e. The molecule has 0 aliphatic rings. The van der Waals surface area contributed by atoms with Crippen LogP contribution in [0, 0.1) is 15.9 Å². The molecule has 0 aliphatic carbocycles. The van der Waals surface area contributed by atoms with Crippen LogP contribution in [0.1, 0.15) is 20.8 Å². The van der Waals surface area contributed by atoms with Gasteiger partial charge in [0, 0.05) is 11.6 Å². The third-order valence-electron chi connectivity index (χ3n) is 2.81. The Balaban J connectivity index is 3.28. The van der Waals surface area contributed by atoms with Crippen molar-refractivity contribution in [1.82, 2.24) is 4.90 Å². The van der Waals surface area contributed by atoms with Crippen molar-refractivity contribution in [2.45, 2.75) is 31.2 Å². The fraction of sp³-hybridized carbons (Fsp3) is 0.417. The second-order valence-corrected chi connectivity index (χ2v) is 7.45. The Morgan fingerprint density at radius 2 is 1.95 bits per heavy atom. The van der Waals surface area contributed by atoms with Gasteiger partial charge in [0.15, 0.2) is 9.84 Å². The summed E-state index contributed by atoms with van der Waals surface area (Å²) in [6, 6.07) is 2.10. The molecule has 0 radical (unpaired) electrons. The van der Waals surface area contributed by atoms with Crippen molar-refractivity contribution in [2.75, 3.05) is 5.88 Å². The molecule has 0 unspecified atom stereocenters. The Hall–Kier alpha value is -2.23. The lowest BCUT2D eigenvalue weighted by molar-refractivity contribution is -0.387. The molecule has 0 fully saturated rings. The number of nitro benzene ring substituents is 1. The lowest BCUT2D eigenvalue weighted by atomic mass is 10.1. The van der Waals surface area contributed by atoms with Crippen LogP contribution in [0.4, 0.5) is 14.9 Å². The molecular weight excluding hydrogens is 319 g/mol. The van der Waals surface area contributed by atoms with E-state index in [2.05, 4.69) is 0 Å². The van der Waals surface area contributed by atoms with Gasteiger partial charge in [-0.2, -0.15) is 4.39 Å². The molecule has 1 aromatic carbocycles. The zero-order valence-electron chi connectivity index (χ0n) is 12.1. The molecule has 1 amide bonds. The number of benzene rings is 1. The maximum atomic E-state index is 13.2. The minimum atomic E-state index is -4.19. The van der Waals surface area contributed by atoms with Crippen LogP contribution in [-0.2, 0) is 9.84 Å². The molecule has 0 bridgehead atoms. The van der Waals surface area contributed by atoms with Gasteiger partial charge >= 0.3 is 11.8 Å². The minimum Gasteiger partial charge on any atom is -0.465 e. The van der Waals surface area contributed by atoms with Gasteiger partial charge < -0.3 is 5.11 Å². The van der Waals surface area contributed by atoms with Gasteiger partial charge in [-0.25, -0.2) is 13.2 Å². The molecule has 122 valence electrons. The Morgan fingerprint density at radius 3 is 2.36 bits per heavy atom. The SMILES string of the molecule is CC(C)(C)N(CS(=O)(=O)c1ccc(F)c([N+](=O)[O-])c1)C(=O)O. The van der Waals surface area contributed by atoms with Crippen molar-refractivity contribution in [3.05, 3.63) is 34.1 Å². The number of carboxylic acid groups (broad SMARTS) is 1. The van der Waals surface area contributed by atoms with Crippen LogP contribution in [0.2, 0.25) is 0 Å². The lowest BCUT2D eigenvalue weighted by Crippen LogP contribution is -2.47. The highest BCUT2D eigenvalue weighted by molar-refractivity contribution is 7.91. The maximum absolute atomic E-state index is 13.2. The van der Waals surface area contributed by atoms with Crippen molar-refractivity contribution < 1.29 is 27.6 Å². The molecule has 0 atom stereocenters. The molecule has 1 rings (SSSR count). The Labute approximate surface area is 126 Å². The van der Waals surface area contributed by atoms with Crippen molar-refractivity contribution in [3.8, 4) is 0 Å². The summed E-state index contributed by atoms with van der Waals surface area (Å²) < 4.78 is 37.7. The number of halogens is 1. The van der Waals surface area contributed by atoms with E-state index in [0.717, 1.165) is 6.07 Å². The number of rotatable bonds is 4. The van der Waals surface area contributed by atoms with Crippen LogP contribution in [0.25, 0.3) is 0 Å². The quantitative estimate of drug-likeness (QED) is 0.512. The molecule has 1 aromatic rings. The highest BCUT2D eigenvalue weighted by atomic mass is 32.2.